The van der Waals surface area contributed by atoms with Gasteiger partial charge in [0.15, 0.2) is 0 Å². The summed E-state index contributed by atoms with van der Waals surface area (Å²) < 4.78 is 3.47. The molecule has 2 aromatic carbocycles. The Balaban J connectivity index is 0.00000150. The van der Waals surface area contributed by atoms with Crippen molar-refractivity contribution >= 4 is 29.8 Å². The first kappa shape index (κ1) is 25.1. The van der Waals surface area contributed by atoms with E-state index >= 15 is 0 Å². The largest absolute Gasteiger partial charge is 1.00 e. The topological polar surface area (TPSA) is 0 Å². The Labute approximate surface area is 202 Å². The van der Waals surface area contributed by atoms with Crippen molar-refractivity contribution < 1.29 is 48.0 Å². The van der Waals surface area contributed by atoms with Crippen LogP contribution in [0.2, 0.25) is 39.3 Å². The van der Waals surface area contributed by atoms with E-state index in [0.717, 1.165) is 6.42 Å². The smallest absolute Gasteiger partial charge is 1.00 e. The fraction of sp³-hybridized carbons (Fsp3) is 0.333. The first-order valence-corrected chi connectivity index (χ1v) is 19.5. The van der Waals surface area contributed by atoms with E-state index in [2.05, 4.69) is 87.8 Å². The molecule has 0 radical (unpaired) electrons. The second-order valence-corrected chi connectivity index (χ2v) is 23.7. The molecule has 0 unspecified atom stereocenters. The number of hydrogen-bond donors (Lipinski definition) is 0. The van der Waals surface area contributed by atoms with E-state index in [1.165, 1.54) is 6.42 Å². The van der Waals surface area contributed by atoms with Gasteiger partial charge in [0.2, 0.25) is 0 Å². The molecule has 0 saturated heterocycles. The Kier molecular flexibility index (Phi) is 7.89. The zero-order valence-electron chi connectivity index (χ0n) is 18.3. The number of allylic oxidation sites excluding steroid dienone is 4. The normalized spacial score (nSPS) is 14.3. The van der Waals surface area contributed by atoms with Crippen molar-refractivity contribution in [3.8, 4) is 11.1 Å². The third-order valence-corrected chi connectivity index (χ3v) is 13.3. The minimum atomic E-state index is -1.33. The number of halogens is 2. The summed E-state index contributed by atoms with van der Waals surface area (Å²) in [6.45, 7) is 14.9. The van der Waals surface area contributed by atoms with E-state index in [0.29, 0.717) is 0 Å². The van der Waals surface area contributed by atoms with Crippen molar-refractivity contribution in [3.05, 3.63) is 63.0 Å². The van der Waals surface area contributed by atoms with Crippen LogP contribution >= 0.6 is 0 Å². The van der Waals surface area contributed by atoms with Crippen molar-refractivity contribution in [2.75, 3.05) is 0 Å². The molecule has 5 heteroatoms. The van der Waals surface area contributed by atoms with E-state index in [-0.39, 0.29) is 24.8 Å². The molecule has 0 amide bonds. The van der Waals surface area contributed by atoms with Gasteiger partial charge in [-0.2, -0.15) is 0 Å². The standard InChI is InChI=1S/C19H25Si2.C5H5.2ClH.Zr/c1-20(2,3)16-9-7-14-11-15-8-10-17(21(4,5)6)13-19(15)18(14)12-16;1-2-4-5-3-1;;;/h7,9-10,12-13H,11H2,1-6H3;1-3H,4H2;2*1H;/q;;;;+2/p-2. The zero-order valence-corrected chi connectivity index (χ0v) is 24.3. The van der Waals surface area contributed by atoms with Crippen molar-refractivity contribution in [2.45, 2.75) is 52.1 Å². The molecule has 4 rings (SSSR count). The average molecular weight is 537 g/mol. The fourth-order valence-corrected chi connectivity index (χ4v) is 9.98. The fourth-order valence-electron chi connectivity index (χ4n) is 4.00. The maximum absolute atomic E-state index is 2.63. The van der Waals surface area contributed by atoms with Crippen LogP contribution in [-0.2, 0) is 29.7 Å². The van der Waals surface area contributed by atoms with Crippen LogP contribution in [0.3, 0.4) is 0 Å². The molecule has 29 heavy (non-hydrogen) atoms. The van der Waals surface area contributed by atoms with Crippen molar-refractivity contribution in [3.63, 3.8) is 0 Å². The first-order valence-electron chi connectivity index (χ1n) is 10.1. The van der Waals surface area contributed by atoms with Crippen LogP contribution < -0.4 is 38.5 Å². The number of benzene rings is 2. The van der Waals surface area contributed by atoms with E-state index in [4.69, 9.17) is 0 Å². The molecule has 2 aliphatic rings. The second-order valence-electron chi connectivity index (χ2n) is 10.0. The Morgan fingerprint density at radius 3 is 2.03 bits per heavy atom. The zero-order chi connectivity index (χ0) is 19.4. The molecule has 152 valence electrons. The van der Waals surface area contributed by atoms with E-state index in [9.17, 15) is 0 Å². The Bertz CT molecular complexity index is 980. The van der Waals surface area contributed by atoms with Crippen LogP contribution in [0, 0.1) is 0 Å². The molecule has 2 aromatic rings. The third-order valence-electron chi connectivity index (χ3n) is 5.82. The van der Waals surface area contributed by atoms with Gasteiger partial charge in [0.1, 0.15) is 0 Å². The molecule has 0 heterocycles. The molecule has 0 aromatic heterocycles. The first-order chi connectivity index (χ1) is 12.6. The predicted molar refractivity (Wildman–Crippen MR) is 122 cm³/mol. The van der Waals surface area contributed by atoms with Crippen LogP contribution in [0.4, 0.5) is 0 Å². The Morgan fingerprint density at radius 1 is 0.793 bits per heavy atom. The maximum Gasteiger partial charge on any atom is -1.00 e. The summed E-state index contributed by atoms with van der Waals surface area (Å²) in [5, 5.41) is 3.24. The summed E-state index contributed by atoms with van der Waals surface area (Å²) >= 11 is -0.688. The number of fused-ring (bicyclic) bond motifs is 3. The molecule has 0 aliphatic heterocycles. The van der Waals surface area contributed by atoms with Gasteiger partial charge in [-0.05, 0) is 0 Å². The molecule has 0 saturated carbocycles. The van der Waals surface area contributed by atoms with Crippen molar-refractivity contribution in [1.82, 2.24) is 0 Å². The number of rotatable bonds is 4. The van der Waals surface area contributed by atoms with Crippen LogP contribution in [0.5, 0.6) is 0 Å². The van der Waals surface area contributed by atoms with Crippen LogP contribution in [0.1, 0.15) is 17.5 Å². The van der Waals surface area contributed by atoms with Gasteiger partial charge in [-0.25, -0.2) is 0 Å². The minimum Gasteiger partial charge on any atom is -1.00 e. The molecule has 0 fully saturated rings. The van der Waals surface area contributed by atoms with Crippen LogP contribution in [0.15, 0.2) is 51.8 Å². The Hall–Kier alpha value is -0.183. The van der Waals surface area contributed by atoms with Gasteiger partial charge in [0, 0.05) is 0 Å². The third kappa shape index (κ3) is 5.18. The minimum absolute atomic E-state index is 0. The van der Waals surface area contributed by atoms with Gasteiger partial charge < -0.3 is 24.8 Å². The van der Waals surface area contributed by atoms with Gasteiger partial charge in [-0.15, -0.1) is 0 Å². The molecule has 0 N–H and O–H groups in total. The van der Waals surface area contributed by atoms with Crippen molar-refractivity contribution in [2.24, 2.45) is 0 Å². The van der Waals surface area contributed by atoms with E-state index in [1.54, 1.807) is 39.2 Å². The van der Waals surface area contributed by atoms with Gasteiger partial charge in [0.25, 0.3) is 0 Å². The monoisotopic (exact) mass is 534 g/mol. The molecular formula is C24H30Cl2Si2Zr. The summed E-state index contributed by atoms with van der Waals surface area (Å²) in [5.74, 6) is 0. The number of hydrogen-bond acceptors (Lipinski definition) is 0. The van der Waals surface area contributed by atoms with Gasteiger partial charge in [-0.3, -0.25) is 0 Å². The molecule has 0 atom stereocenters. The summed E-state index contributed by atoms with van der Waals surface area (Å²) in [6, 6.07) is 12.6. The summed E-state index contributed by atoms with van der Waals surface area (Å²) in [5.41, 5.74) is 6.34. The Morgan fingerprint density at radius 2 is 1.45 bits per heavy atom. The van der Waals surface area contributed by atoms with Crippen LogP contribution in [-0.4, -0.2) is 16.1 Å². The van der Waals surface area contributed by atoms with Gasteiger partial charge in [-0.1, -0.05) is 0 Å². The molecular weight excluding hydrogens is 507 g/mol. The molecule has 0 nitrogen and oxygen atoms in total. The predicted octanol–water partition coefficient (Wildman–Crippen LogP) is -1.09. The quantitative estimate of drug-likeness (QED) is 0.372. The summed E-state index contributed by atoms with van der Waals surface area (Å²) in [7, 11) is -2.62. The van der Waals surface area contributed by atoms with Crippen LogP contribution in [0.25, 0.3) is 11.1 Å². The average Bonchev–Trinajstić information content (AvgIpc) is 3.20. The summed E-state index contributed by atoms with van der Waals surface area (Å²) in [6.07, 6.45) is 9.33. The van der Waals surface area contributed by atoms with Crippen molar-refractivity contribution in [1.29, 1.82) is 0 Å². The second kappa shape index (κ2) is 9.13. The molecule has 0 spiro atoms. The van der Waals surface area contributed by atoms with E-state index < -0.39 is 39.4 Å². The molecule has 0 bridgehead atoms. The van der Waals surface area contributed by atoms with E-state index in [1.807, 2.05) is 0 Å². The maximum atomic E-state index is 2.63. The van der Waals surface area contributed by atoms with Gasteiger partial charge in [0.05, 0.1) is 0 Å². The SMILES string of the molecule is C[Si](C)(C)c1ccc2c(c1)-c1cc([Si](C)(C)C)c[c]([Zr+2][C]3=CC=CC3)c1C2.[Cl-].[Cl-]. The molecule has 2 aliphatic carbocycles. The summed E-state index contributed by atoms with van der Waals surface area (Å²) in [4.78, 5) is 0. The van der Waals surface area contributed by atoms with Gasteiger partial charge >= 0.3 is 179 Å².